The molecule has 1 saturated heterocycles. The highest BCUT2D eigenvalue weighted by Crippen LogP contribution is 2.34. The second-order valence-electron chi connectivity index (χ2n) is 6.96. The van der Waals surface area contributed by atoms with Gasteiger partial charge in [0.1, 0.15) is 17.3 Å². The first-order valence-corrected chi connectivity index (χ1v) is 9.63. The van der Waals surface area contributed by atoms with E-state index in [2.05, 4.69) is 17.0 Å². The maximum Gasteiger partial charge on any atom is 0.127 e. The summed E-state index contributed by atoms with van der Waals surface area (Å²) in [7, 11) is 0. The van der Waals surface area contributed by atoms with Crippen LogP contribution in [0.4, 0.5) is 21.5 Å². The maximum absolute atomic E-state index is 13.0. The molecule has 1 aliphatic heterocycles. The quantitative estimate of drug-likeness (QED) is 0.463. The van der Waals surface area contributed by atoms with Gasteiger partial charge in [-0.2, -0.15) is 0 Å². The van der Waals surface area contributed by atoms with Crippen LogP contribution in [-0.2, 0) is 0 Å². The fourth-order valence-corrected chi connectivity index (χ4v) is 3.52. The van der Waals surface area contributed by atoms with Gasteiger partial charge in [-0.3, -0.25) is 5.01 Å². The number of benzene rings is 3. The second kappa shape index (κ2) is 8.31. The lowest BCUT2D eigenvalue weighted by molar-refractivity contribution is 0.480. The molecule has 0 amide bonds. The minimum Gasteiger partial charge on any atom is -0.457 e. The summed E-state index contributed by atoms with van der Waals surface area (Å²) in [5.41, 5.74) is 3.02. The van der Waals surface area contributed by atoms with Crippen LogP contribution in [0, 0.1) is 5.82 Å². The summed E-state index contributed by atoms with van der Waals surface area (Å²) in [5, 5.41) is 1.71. The number of ether oxygens (including phenoxy) is 1. The number of hydrogen-bond acceptors (Lipinski definition) is 4. The Morgan fingerprint density at radius 3 is 2.07 bits per heavy atom. The Morgan fingerprint density at radius 2 is 1.39 bits per heavy atom. The maximum atomic E-state index is 13.0. The molecule has 0 spiro atoms. The average molecular weight is 377 g/mol. The predicted molar refractivity (Wildman–Crippen MR) is 112 cm³/mol. The summed E-state index contributed by atoms with van der Waals surface area (Å²) in [5.74, 6) is 7.45. The van der Waals surface area contributed by atoms with Crippen molar-refractivity contribution in [3.63, 3.8) is 0 Å². The molecule has 0 aromatic heterocycles. The van der Waals surface area contributed by atoms with Gasteiger partial charge in [-0.05, 0) is 79.9 Å². The molecule has 1 heterocycles. The normalized spacial score (nSPS) is 14.0. The van der Waals surface area contributed by atoms with Crippen molar-refractivity contribution in [3.05, 3.63) is 78.6 Å². The molecule has 3 aromatic rings. The largest absolute Gasteiger partial charge is 0.457 e. The van der Waals surface area contributed by atoms with Crippen LogP contribution in [0.3, 0.4) is 0 Å². The van der Waals surface area contributed by atoms with Crippen LogP contribution in [0.15, 0.2) is 72.8 Å². The summed E-state index contributed by atoms with van der Waals surface area (Å²) in [6.07, 6.45) is 3.73. The SMILES string of the molecule is NN(c1ccc(Oc2ccc(F)cc2)cc1)c1ccccc1N1CCCCC1. The monoisotopic (exact) mass is 377 g/mol. The van der Waals surface area contributed by atoms with Gasteiger partial charge in [-0.1, -0.05) is 12.1 Å². The van der Waals surface area contributed by atoms with E-state index in [1.807, 2.05) is 36.4 Å². The summed E-state index contributed by atoms with van der Waals surface area (Å²) >= 11 is 0. The van der Waals surface area contributed by atoms with Crippen molar-refractivity contribution in [1.82, 2.24) is 0 Å². The zero-order valence-electron chi connectivity index (χ0n) is 15.7. The molecule has 0 unspecified atom stereocenters. The van der Waals surface area contributed by atoms with Crippen molar-refractivity contribution in [3.8, 4) is 11.5 Å². The topological polar surface area (TPSA) is 41.7 Å². The van der Waals surface area contributed by atoms with Crippen molar-refractivity contribution in [2.75, 3.05) is 23.0 Å². The van der Waals surface area contributed by atoms with Crippen molar-refractivity contribution in [1.29, 1.82) is 0 Å². The molecule has 0 saturated carbocycles. The molecule has 5 heteroatoms. The highest BCUT2D eigenvalue weighted by Gasteiger charge is 2.17. The van der Waals surface area contributed by atoms with Crippen LogP contribution < -0.4 is 20.5 Å². The van der Waals surface area contributed by atoms with Crippen LogP contribution in [-0.4, -0.2) is 13.1 Å². The van der Waals surface area contributed by atoms with E-state index in [-0.39, 0.29) is 5.82 Å². The molecule has 4 rings (SSSR count). The van der Waals surface area contributed by atoms with E-state index >= 15 is 0 Å². The lowest BCUT2D eigenvalue weighted by atomic mass is 10.1. The van der Waals surface area contributed by atoms with Crippen LogP contribution >= 0.6 is 0 Å². The Hall–Kier alpha value is -3.05. The Kier molecular flexibility index (Phi) is 5.44. The summed E-state index contributed by atoms with van der Waals surface area (Å²) in [4.78, 5) is 2.41. The van der Waals surface area contributed by atoms with Gasteiger partial charge in [0.15, 0.2) is 0 Å². The van der Waals surface area contributed by atoms with Crippen LogP contribution in [0.5, 0.6) is 11.5 Å². The second-order valence-corrected chi connectivity index (χ2v) is 6.96. The van der Waals surface area contributed by atoms with E-state index in [1.54, 1.807) is 17.1 Å². The van der Waals surface area contributed by atoms with E-state index in [1.165, 1.54) is 31.4 Å². The molecule has 1 fully saturated rings. The number of hydrazine groups is 1. The molecule has 3 aromatic carbocycles. The van der Waals surface area contributed by atoms with Gasteiger partial charge in [0, 0.05) is 13.1 Å². The molecular weight excluding hydrogens is 353 g/mol. The Morgan fingerprint density at radius 1 is 0.786 bits per heavy atom. The lowest BCUT2D eigenvalue weighted by Crippen LogP contribution is -2.33. The Balaban J connectivity index is 1.52. The highest BCUT2D eigenvalue weighted by atomic mass is 19.1. The van der Waals surface area contributed by atoms with E-state index in [0.29, 0.717) is 11.5 Å². The standard InChI is InChI=1S/C23H24FN3O/c24-18-8-12-20(13-9-18)28-21-14-10-19(11-15-21)27(25)23-7-3-2-6-22(23)26-16-4-1-5-17-26/h2-3,6-15H,1,4-5,16-17,25H2. The van der Waals surface area contributed by atoms with Crippen molar-refractivity contribution in [2.24, 2.45) is 5.84 Å². The number of anilines is 3. The van der Waals surface area contributed by atoms with Gasteiger partial charge < -0.3 is 9.64 Å². The molecule has 144 valence electrons. The molecule has 1 aliphatic rings. The number of hydrogen-bond donors (Lipinski definition) is 1. The van der Waals surface area contributed by atoms with Crippen LogP contribution in [0.25, 0.3) is 0 Å². The minimum absolute atomic E-state index is 0.283. The molecule has 0 radical (unpaired) electrons. The number of halogens is 1. The first-order chi connectivity index (χ1) is 13.7. The summed E-state index contributed by atoms with van der Waals surface area (Å²) in [6.45, 7) is 2.13. The smallest absolute Gasteiger partial charge is 0.127 e. The number of nitrogens with zero attached hydrogens (tertiary/aromatic N) is 2. The number of piperidine rings is 1. The van der Waals surface area contributed by atoms with Crippen molar-refractivity contribution < 1.29 is 9.13 Å². The zero-order chi connectivity index (χ0) is 19.3. The first kappa shape index (κ1) is 18.3. The predicted octanol–water partition coefficient (Wildman–Crippen LogP) is 5.62. The summed E-state index contributed by atoms with van der Waals surface area (Å²) in [6, 6.07) is 21.8. The molecule has 2 N–H and O–H groups in total. The molecule has 28 heavy (non-hydrogen) atoms. The molecule has 4 nitrogen and oxygen atoms in total. The van der Waals surface area contributed by atoms with E-state index < -0.39 is 0 Å². The number of nitrogens with two attached hydrogens (primary N) is 1. The molecule has 0 atom stereocenters. The minimum atomic E-state index is -0.283. The van der Waals surface area contributed by atoms with Gasteiger partial charge in [0.05, 0.1) is 17.1 Å². The van der Waals surface area contributed by atoms with Crippen molar-refractivity contribution in [2.45, 2.75) is 19.3 Å². The first-order valence-electron chi connectivity index (χ1n) is 9.63. The van der Waals surface area contributed by atoms with E-state index in [4.69, 9.17) is 10.6 Å². The third-order valence-electron chi connectivity index (χ3n) is 5.00. The van der Waals surface area contributed by atoms with Gasteiger partial charge in [-0.15, -0.1) is 0 Å². The van der Waals surface area contributed by atoms with Crippen LogP contribution in [0.2, 0.25) is 0 Å². The average Bonchev–Trinajstić information content (AvgIpc) is 2.76. The highest BCUT2D eigenvalue weighted by molar-refractivity contribution is 5.76. The Labute approximate surface area is 164 Å². The van der Waals surface area contributed by atoms with Gasteiger partial charge in [0.2, 0.25) is 0 Å². The van der Waals surface area contributed by atoms with Crippen molar-refractivity contribution >= 4 is 17.1 Å². The molecule has 0 bridgehead atoms. The Bertz CT molecular complexity index is 906. The van der Waals surface area contributed by atoms with E-state index in [9.17, 15) is 4.39 Å². The molecular formula is C23H24FN3O. The fourth-order valence-electron chi connectivity index (χ4n) is 3.52. The van der Waals surface area contributed by atoms with Gasteiger partial charge >= 0.3 is 0 Å². The zero-order valence-corrected chi connectivity index (χ0v) is 15.7. The van der Waals surface area contributed by atoms with E-state index in [0.717, 1.165) is 30.2 Å². The number of rotatable bonds is 5. The third-order valence-corrected chi connectivity index (χ3v) is 5.00. The van der Waals surface area contributed by atoms with Gasteiger partial charge in [-0.25, -0.2) is 10.2 Å². The third kappa shape index (κ3) is 4.10. The fraction of sp³-hybridized carbons (Fsp3) is 0.217. The van der Waals surface area contributed by atoms with Crippen LogP contribution in [0.1, 0.15) is 19.3 Å². The molecule has 0 aliphatic carbocycles. The lowest BCUT2D eigenvalue weighted by Gasteiger charge is -2.32. The van der Waals surface area contributed by atoms with Gasteiger partial charge in [0.25, 0.3) is 0 Å². The number of para-hydroxylation sites is 2. The summed E-state index contributed by atoms with van der Waals surface area (Å²) < 4.78 is 18.8.